The number of rotatable bonds is 9. The molecule has 0 radical (unpaired) electrons. The fraction of sp³-hybridized carbons (Fsp3) is 0.182. The number of Topliss-reactive ketones (excluding diaryl/α,β-unsaturated/α-hetero) is 1. The molecular formula is C44H28ClF6N3O6S3. The van der Waals surface area contributed by atoms with Gasteiger partial charge in [-0.25, -0.2) is 4.98 Å². The molecule has 2 unspecified atom stereocenters. The summed E-state index contributed by atoms with van der Waals surface area (Å²) in [7, 11) is -3.97. The molecule has 5 aromatic carbocycles. The Bertz CT molecular complexity index is 3290. The summed E-state index contributed by atoms with van der Waals surface area (Å²) in [6, 6.07) is 23.8. The lowest BCUT2D eigenvalue weighted by atomic mass is 9.68. The summed E-state index contributed by atoms with van der Waals surface area (Å²) in [4.78, 5) is 38.5. The third-order valence-electron chi connectivity index (χ3n) is 10.9. The van der Waals surface area contributed by atoms with Crippen molar-refractivity contribution in [1.82, 2.24) is 9.55 Å². The number of benzene rings is 5. The van der Waals surface area contributed by atoms with Gasteiger partial charge in [0.15, 0.2) is 17.6 Å². The average molecular weight is 940 g/mol. The number of thioether (sulfide) groups is 1. The molecule has 19 heteroatoms. The summed E-state index contributed by atoms with van der Waals surface area (Å²) in [5, 5.41) is 11.2. The molecule has 63 heavy (non-hydrogen) atoms. The molecule has 7 aromatic rings. The maximum atomic E-state index is 15.3. The van der Waals surface area contributed by atoms with Gasteiger partial charge in [-0.2, -0.15) is 34.8 Å². The number of ketones is 1. The van der Waals surface area contributed by atoms with Gasteiger partial charge in [0.2, 0.25) is 0 Å². The van der Waals surface area contributed by atoms with Crippen molar-refractivity contribution in [2.24, 2.45) is 5.16 Å². The summed E-state index contributed by atoms with van der Waals surface area (Å²) in [5.74, 6) is -0.889. The number of aromatic nitrogens is 2. The van der Waals surface area contributed by atoms with Gasteiger partial charge in [0.1, 0.15) is 21.7 Å². The van der Waals surface area contributed by atoms with Gasteiger partial charge in [0.05, 0.1) is 29.1 Å². The quantitative estimate of drug-likeness (QED) is 0.0608. The zero-order valence-corrected chi connectivity index (χ0v) is 35.5. The van der Waals surface area contributed by atoms with Crippen molar-refractivity contribution in [2.75, 3.05) is 6.26 Å². The van der Waals surface area contributed by atoms with E-state index in [9.17, 15) is 39.6 Å². The van der Waals surface area contributed by atoms with Gasteiger partial charge in [0.25, 0.3) is 5.56 Å². The fourth-order valence-electron chi connectivity index (χ4n) is 8.33. The van der Waals surface area contributed by atoms with Gasteiger partial charge in [-0.1, -0.05) is 95.6 Å². The second-order valence-corrected chi connectivity index (χ2v) is 18.9. The predicted octanol–water partition coefficient (Wildman–Crippen LogP) is 11.2. The van der Waals surface area contributed by atoms with E-state index < -0.39 is 73.4 Å². The Morgan fingerprint density at radius 3 is 2.44 bits per heavy atom. The van der Waals surface area contributed by atoms with Crippen LogP contribution in [0.3, 0.4) is 0 Å². The minimum absolute atomic E-state index is 0.0205. The highest BCUT2D eigenvalue weighted by atomic mass is 35.5. The second-order valence-electron chi connectivity index (χ2n) is 14.9. The molecule has 0 saturated heterocycles. The van der Waals surface area contributed by atoms with Crippen molar-refractivity contribution in [3.8, 4) is 5.75 Å². The highest BCUT2D eigenvalue weighted by Crippen LogP contribution is 2.49. The van der Waals surface area contributed by atoms with E-state index in [1.165, 1.54) is 18.2 Å². The lowest BCUT2D eigenvalue weighted by Gasteiger charge is -2.35. The molecule has 1 aliphatic heterocycles. The third-order valence-corrected chi connectivity index (χ3v) is 13.4. The van der Waals surface area contributed by atoms with Crippen LogP contribution in [0.1, 0.15) is 51.9 Å². The Morgan fingerprint density at radius 2 is 1.68 bits per heavy atom. The normalized spacial score (nSPS) is 17.8. The molecule has 9 nitrogen and oxygen atoms in total. The van der Waals surface area contributed by atoms with Gasteiger partial charge < -0.3 is 13.6 Å². The lowest BCUT2D eigenvalue weighted by Crippen LogP contribution is -2.43. The molecule has 0 bridgehead atoms. The van der Waals surface area contributed by atoms with Gasteiger partial charge in [-0.05, 0) is 79.8 Å². The van der Waals surface area contributed by atoms with Crippen LogP contribution >= 0.6 is 34.7 Å². The van der Waals surface area contributed by atoms with E-state index in [1.807, 2.05) is 60.7 Å². The number of halogens is 7. The van der Waals surface area contributed by atoms with Crippen molar-refractivity contribution in [3.63, 3.8) is 0 Å². The van der Waals surface area contributed by atoms with E-state index in [0.717, 1.165) is 44.5 Å². The van der Waals surface area contributed by atoms with Gasteiger partial charge >= 0.3 is 21.8 Å². The molecule has 0 N–H and O–H groups in total. The first-order chi connectivity index (χ1) is 29.8. The van der Waals surface area contributed by atoms with Crippen LogP contribution < -0.4 is 9.74 Å². The molecule has 322 valence electrons. The van der Waals surface area contributed by atoms with E-state index in [0.29, 0.717) is 27.3 Å². The van der Waals surface area contributed by atoms with Gasteiger partial charge in [-0.15, -0.1) is 11.3 Å². The topological polar surface area (TPSA) is 117 Å². The largest absolute Gasteiger partial charge is 0.446 e. The smallest absolute Gasteiger partial charge is 0.387 e. The Morgan fingerprint density at radius 1 is 0.968 bits per heavy atom. The molecule has 2 aromatic heterocycles. The number of carbonyl (C=O) groups excluding carboxylic acids is 1. The van der Waals surface area contributed by atoms with Crippen LogP contribution in [0.2, 0.25) is 5.02 Å². The molecule has 2 aliphatic rings. The van der Waals surface area contributed by atoms with E-state index in [-0.39, 0.29) is 51.7 Å². The van der Waals surface area contributed by atoms with Crippen LogP contribution in [0.5, 0.6) is 5.75 Å². The second kappa shape index (κ2) is 15.5. The summed E-state index contributed by atoms with van der Waals surface area (Å²) in [6.07, 6.45) is -1.34. The highest BCUT2D eigenvalue weighted by molar-refractivity contribution is 8.00. The molecule has 9 rings (SSSR count). The van der Waals surface area contributed by atoms with Crippen LogP contribution in [0.25, 0.3) is 38.4 Å². The first-order valence-electron chi connectivity index (χ1n) is 18.8. The molecule has 2 atom stereocenters. The molecular weight excluding hydrogens is 912 g/mol. The van der Waals surface area contributed by atoms with Crippen LogP contribution in [-0.2, 0) is 37.9 Å². The number of hydrogen-bond acceptors (Lipinski definition) is 10. The van der Waals surface area contributed by atoms with Crippen LogP contribution in [0, 0.1) is 0 Å². The first kappa shape index (κ1) is 42.6. The van der Waals surface area contributed by atoms with Crippen LogP contribution in [-0.4, -0.2) is 41.2 Å². The fourth-order valence-corrected chi connectivity index (χ4v) is 10.8. The summed E-state index contributed by atoms with van der Waals surface area (Å²) < 4.78 is 113. The standard InChI is InChI=1S/C44H28ClF6N3O6S3/c1-63(57,58)60-35-10-4-9-32(45)38(35)36-19-33(53-59-36)34-22-61-41(52-34)42(37(55)21-54-20-25(62-44(49,50)51)18-31(40(54)56)43(46,47)48)17-5-7-24-12-14-29-28-13-11-23-6-2-3-8-26(23)27(28)15-16-30(29)39(24)42/h2-16,18,20,22,36H,17,19,21H2,1H3. The van der Waals surface area contributed by atoms with Crippen molar-refractivity contribution in [3.05, 3.63) is 151 Å². The number of thiazole rings is 1. The number of alkyl halides is 6. The maximum Gasteiger partial charge on any atom is 0.446 e. The Kier molecular flexibility index (Phi) is 10.5. The molecule has 0 spiro atoms. The molecule has 3 heterocycles. The van der Waals surface area contributed by atoms with Crippen LogP contribution in [0.15, 0.2) is 117 Å². The number of hydrogen-bond donors (Lipinski definition) is 0. The average Bonchev–Trinajstić information content (AvgIpc) is 3.91. The molecule has 1 aliphatic carbocycles. The van der Waals surface area contributed by atoms with Crippen molar-refractivity contribution < 1.29 is 48.6 Å². The predicted molar refractivity (Wildman–Crippen MR) is 230 cm³/mol. The van der Waals surface area contributed by atoms with E-state index in [1.54, 1.807) is 17.5 Å². The van der Waals surface area contributed by atoms with Crippen molar-refractivity contribution >= 4 is 94.7 Å². The first-order valence-corrected chi connectivity index (χ1v) is 22.7. The zero-order chi connectivity index (χ0) is 44.6. The Labute approximate surface area is 366 Å². The molecule has 0 saturated carbocycles. The number of pyridine rings is 1. The van der Waals surface area contributed by atoms with Crippen molar-refractivity contribution in [1.29, 1.82) is 0 Å². The zero-order valence-electron chi connectivity index (χ0n) is 32.3. The Balaban J connectivity index is 1.20. The number of oxime groups is 1. The van der Waals surface area contributed by atoms with E-state index in [4.69, 9.17) is 25.6 Å². The number of nitrogens with zero attached hydrogens (tertiary/aromatic N) is 3. The maximum absolute atomic E-state index is 15.3. The summed E-state index contributed by atoms with van der Waals surface area (Å²) in [5.41, 5.74) is -8.62. The molecule has 0 amide bonds. The highest BCUT2D eigenvalue weighted by Gasteiger charge is 2.48. The number of carbonyl (C=O) groups is 1. The monoisotopic (exact) mass is 939 g/mol. The minimum Gasteiger partial charge on any atom is -0.387 e. The lowest BCUT2D eigenvalue weighted by molar-refractivity contribution is -0.139. The van der Waals surface area contributed by atoms with Crippen molar-refractivity contribution in [2.45, 2.75) is 47.5 Å². The third kappa shape index (κ3) is 7.87. The minimum atomic E-state index is -5.34. The number of fused-ring (bicyclic) bond motifs is 7. The van der Waals surface area contributed by atoms with E-state index >= 15 is 4.79 Å². The van der Waals surface area contributed by atoms with E-state index in [2.05, 4.69) is 5.16 Å². The van der Waals surface area contributed by atoms with Gasteiger partial charge in [0, 0.05) is 22.9 Å². The molecule has 0 fully saturated rings. The van der Waals surface area contributed by atoms with Gasteiger partial charge in [-0.3, -0.25) is 9.59 Å². The van der Waals surface area contributed by atoms with Crippen LogP contribution in [0.4, 0.5) is 26.3 Å². The SMILES string of the molecule is CS(=O)(=O)Oc1cccc(Cl)c1C1CC(c2csc(C3(C(=O)Cn4cc(SC(F)(F)F)cc(C(F)(F)F)c4=O)CC=Cc4ccc5c(ccc6c7ccccc7ccc56)c43)n2)=NO1. The Hall–Kier alpha value is -5.69. The summed E-state index contributed by atoms with van der Waals surface area (Å²) in [6.45, 7) is -1.05. The number of allylic oxidation sites excluding steroid dienone is 1. The summed E-state index contributed by atoms with van der Waals surface area (Å²) >= 11 is 6.70.